The molecule has 1 N–H and O–H groups in total. The molecule has 0 radical (unpaired) electrons. The normalized spacial score (nSPS) is 18.7. The monoisotopic (exact) mass is 524 g/mol. The van der Waals surface area contributed by atoms with Gasteiger partial charge in [0.15, 0.2) is 9.84 Å². The third-order valence-electron chi connectivity index (χ3n) is 7.08. The first-order valence-corrected chi connectivity index (χ1v) is 14.3. The molecule has 0 bridgehead atoms. The lowest BCUT2D eigenvalue weighted by Gasteiger charge is -2.38. The van der Waals surface area contributed by atoms with E-state index in [-0.39, 0.29) is 4.90 Å². The third kappa shape index (κ3) is 5.20. The van der Waals surface area contributed by atoms with Crippen molar-refractivity contribution >= 4 is 27.0 Å². The number of allylic oxidation sites excluding steroid dienone is 1. The van der Waals surface area contributed by atoms with Crippen molar-refractivity contribution in [3.05, 3.63) is 88.6 Å². The average Bonchev–Trinajstić information content (AvgIpc) is 3.01. The second kappa shape index (κ2) is 9.98. The summed E-state index contributed by atoms with van der Waals surface area (Å²) in [7, 11) is -3.41. The number of aliphatic hydroxyl groups is 1. The molecule has 3 aromatic rings. The Morgan fingerprint density at radius 2 is 1.86 bits per heavy atom. The Morgan fingerprint density at radius 1 is 1.11 bits per heavy atom. The Labute approximate surface area is 217 Å². The number of nitrogens with zero attached hydrogens (tertiary/aromatic N) is 2. The van der Waals surface area contributed by atoms with E-state index in [4.69, 9.17) is 16.3 Å². The van der Waals surface area contributed by atoms with Crippen LogP contribution in [0, 0.1) is 0 Å². The lowest BCUT2D eigenvalue weighted by molar-refractivity contribution is -0.0254. The first-order valence-electron chi connectivity index (χ1n) is 12.1. The number of aromatic nitrogens is 1. The second-order valence-corrected chi connectivity index (χ2v) is 12.0. The molecule has 0 saturated carbocycles. The average molecular weight is 525 g/mol. The van der Waals surface area contributed by atoms with Crippen molar-refractivity contribution in [2.24, 2.45) is 0 Å². The van der Waals surface area contributed by atoms with E-state index < -0.39 is 15.4 Å². The van der Waals surface area contributed by atoms with Gasteiger partial charge in [0.1, 0.15) is 5.75 Å². The zero-order chi connectivity index (χ0) is 25.3. The molecule has 1 fully saturated rings. The minimum absolute atomic E-state index is 0.288. The molecular weight excluding hydrogens is 496 g/mol. The molecule has 0 unspecified atom stereocenters. The third-order valence-corrected chi connectivity index (χ3v) is 8.51. The number of fused-ring (bicyclic) bond motifs is 2. The maximum atomic E-state index is 12.5. The van der Waals surface area contributed by atoms with Crippen LogP contribution in [0.3, 0.4) is 0 Å². The Bertz CT molecular complexity index is 1400. The van der Waals surface area contributed by atoms with E-state index in [0.717, 1.165) is 42.8 Å². The van der Waals surface area contributed by atoms with Gasteiger partial charge in [-0.05, 0) is 66.8 Å². The fourth-order valence-corrected chi connectivity index (χ4v) is 6.14. The Hall–Kier alpha value is -2.71. The van der Waals surface area contributed by atoms with Crippen molar-refractivity contribution in [3.63, 3.8) is 0 Å². The van der Waals surface area contributed by atoms with Crippen LogP contribution in [0.15, 0.2) is 71.8 Å². The molecule has 5 rings (SSSR count). The molecule has 3 heterocycles. The number of sulfone groups is 1. The molecule has 0 spiro atoms. The van der Waals surface area contributed by atoms with Crippen LogP contribution in [-0.4, -0.2) is 49.3 Å². The van der Waals surface area contributed by atoms with E-state index in [2.05, 4.69) is 16.0 Å². The maximum absolute atomic E-state index is 12.5. The molecule has 2 aromatic carbocycles. The van der Waals surface area contributed by atoms with Crippen LogP contribution in [0.5, 0.6) is 11.6 Å². The molecule has 8 heteroatoms. The van der Waals surface area contributed by atoms with E-state index in [1.54, 1.807) is 24.4 Å². The zero-order valence-electron chi connectivity index (χ0n) is 20.2. The molecule has 1 aromatic heterocycles. The molecule has 6 nitrogen and oxygen atoms in total. The summed E-state index contributed by atoms with van der Waals surface area (Å²) in [6, 6.07) is 16.4. The Balaban J connectivity index is 1.32. The van der Waals surface area contributed by atoms with Crippen molar-refractivity contribution in [1.82, 2.24) is 9.88 Å². The number of likely N-dealkylation sites (tertiary alicyclic amines) is 1. The van der Waals surface area contributed by atoms with Gasteiger partial charge in [-0.25, -0.2) is 13.4 Å². The van der Waals surface area contributed by atoms with Crippen molar-refractivity contribution in [3.8, 4) is 11.6 Å². The molecule has 1 saturated heterocycles. The predicted octanol–water partition coefficient (Wildman–Crippen LogP) is 5.24. The summed E-state index contributed by atoms with van der Waals surface area (Å²) in [5.74, 6) is 1.01. The van der Waals surface area contributed by atoms with Crippen LogP contribution >= 0.6 is 11.6 Å². The van der Waals surface area contributed by atoms with Crippen LogP contribution in [0.2, 0.25) is 5.02 Å². The van der Waals surface area contributed by atoms with Gasteiger partial charge >= 0.3 is 0 Å². The van der Waals surface area contributed by atoms with E-state index in [9.17, 15) is 13.5 Å². The number of hydrogen-bond donors (Lipinski definition) is 1. The number of benzene rings is 2. The Morgan fingerprint density at radius 3 is 2.58 bits per heavy atom. The van der Waals surface area contributed by atoms with Gasteiger partial charge in [0.2, 0.25) is 5.88 Å². The highest BCUT2D eigenvalue weighted by atomic mass is 35.5. The summed E-state index contributed by atoms with van der Waals surface area (Å²) >= 11 is 6.00. The lowest BCUT2D eigenvalue weighted by atomic mass is 9.84. The van der Waals surface area contributed by atoms with Crippen molar-refractivity contribution < 1.29 is 18.3 Å². The SMILES string of the molecule is CS(=O)(=O)c1cccc2c1CC(=CCCN1CCC(O)(c3ccc(Cl)cc3)CC1)c1cccnc1O2. The largest absolute Gasteiger partial charge is 0.438 e. The fraction of sp³-hybridized carbons (Fsp3) is 0.321. The van der Waals surface area contributed by atoms with Crippen LogP contribution in [-0.2, 0) is 21.9 Å². The smallest absolute Gasteiger partial charge is 0.226 e. The van der Waals surface area contributed by atoms with Crippen molar-refractivity contribution in [2.75, 3.05) is 25.9 Å². The quantitative estimate of drug-likeness (QED) is 0.491. The molecule has 0 atom stereocenters. The van der Waals surface area contributed by atoms with E-state index in [1.165, 1.54) is 6.26 Å². The zero-order valence-corrected chi connectivity index (χ0v) is 21.7. The van der Waals surface area contributed by atoms with Gasteiger partial charge < -0.3 is 14.7 Å². The number of hydrogen-bond acceptors (Lipinski definition) is 6. The number of halogens is 1. The van der Waals surface area contributed by atoms with E-state index in [1.807, 2.05) is 36.4 Å². The van der Waals surface area contributed by atoms with Gasteiger partial charge in [-0.3, -0.25) is 0 Å². The fourth-order valence-electron chi connectivity index (χ4n) is 5.07. The molecule has 0 amide bonds. The highest BCUT2D eigenvalue weighted by molar-refractivity contribution is 7.90. The summed E-state index contributed by atoms with van der Waals surface area (Å²) in [6.45, 7) is 2.44. The lowest BCUT2D eigenvalue weighted by Crippen LogP contribution is -2.42. The summed E-state index contributed by atoms with van der Waals surface area (Å²) in [4.78, 5) is 7.05. The number of rotatable bonds is 5. The van der Waals surface area contributed by atoms with Crippen LogP contribution in [0.4, 0.5) is 0 Å². The molecule has 2 aliphatic rings. The van der Waals surface area contributed by atoms with Gasteiger partial charge in [0.05, 0.1) is 10.5 Å². The van der Waals surface area contributed by atoms with Gasteiger partial charge in [-0.1, -0.05) is 35.9 Å². The number of piperidine rings is 1. The first kappa shape index (κ1) is 25.0. The minimum Gasteiger partial charge on any atom is -0.438 e. The molecule has 188 valence electrons. The van der Waals surface area contributed by atoms with Crippen LogP contribution < -0.4 is 4.74 Å². The maximum Gasteiger partial charge on any atom is 0.226 e. The van der Waals surface area contributed by atoms with Gasteiger partial charge in [-0.2, -0.15) is 0 Å². The molecule has 36 heavy (non-hydrogen) atoms. The number of pyridine rings is 1. The number of ether oxygens (including phenoxy) is 1. The van der Waals surface area contributed by atoms with E-state index >= 15 is 0 Å². The Kier molecular flexibility index (Phi) is 6.92. The van der Waals surface area contributed by atoms with Gasteiger partial charge in [0, 0.05) is 54.7 Å². The molecular formula is C28H29ClN2O4S. The highest BCUT2D eigenvalue weighted by Gasteiger charge is 2.33. The predicted molar refractivity (Wildman–Crippen MR) is 141 cm³/mol. The summed E-state index contributed by atoms with van der Waals surface area (Å²) in [5.41, 5.74) is 2.63. The molecule has 0 aliphatic carbocycles. The topological polar surface area (TPSA) is 79.7 Å². The highest BCUT2D eigenvalue weighted by Crippen LogP contribution is 2.40. The summed E-state index contributed by atoms with van der Waals surface area (Å²) in [5, 5.41) is 11.8. The van der Waals surface area contributed by atoms with Crippen molar-refractivity contribution in [1.29, 1.82) is 0 Å². The second-order valence-electron chi connectivity index (χ2n) is 9.54. The van der Waals surface area contributed by atoms with Gasteiger partial charge in [0.25, 0.3) is 0 Å². The van der Waals surface area contributed by atoms with Crippen LogP contribution in [0.1, 0.15) is 36.0 Å². The van der Waals surface area contributed by atoms with E-state index in [0.29, 0.717) is 41.5 Å². The summed E-state index contributed by atoms with van der Waals surface area (Å²) < 4.78 is 31.0. The first-order chi connectivity index (χ1) is 17.2. The summed E-state index contributed by atoms with van der Waals surface area (Å²) in [6.07, 6.45) is 7.64. The van der Waals surface area contributed by atoms with Crippen molar-refractivity contribution in [2.45, 2.75) is 36.2 Å². The minimum atomic E-state index is -3.41. The molecule has 2 aliphatic heterocycles. The van der Waals surface area contributed by atoms with Crippen LogP contribution in [0.25, 0.3) is 5.57 Å². The van der Waals surface area contributed by atoms with Gasteiger partial charge in [-0.15, -0.1) is 0 Å². The standard InChI is InChI=1S/C28H29ClN2O4S/c1-36(33,34)26-8-2-7-25-24(26)19-20(23-6-3-15-30-27(23)35-25)5-4-16-31-17-13-28(32,14-18-31)21-9-11-22(29)12-10-21/h2-3,5-12,15,32H,4,13-14,16-19H2,1H3.